The molecule has 1 aliphatic heterocycles. The number of fused-ring (bicyclic) bond motifs is 1. The zero-order valence-electron chi connectivity index (χ0n) is 7.95. The summed E-state index contributed by atoms with van der Waals surface area (Å²) < 4.78 is 11.6. The van der Waals surface area contributed by atoms with Crippen LogP contribution in [0.15, 0.2) is 0 Å². The lowest BCUT2D eigenvalue weighted by Crippen LogP contribution is -2.25. The molecule has 2 unspecified atom stereocenters. The first kappa shape index (κ1) is 8.58. The summed E-state index contributed by atoms with van der Waals surface area (Å²) in [5, 5.41) is 0. The van der Waals surface area contributed by atoms with E-state index in [-0.39, 0.29) is 7.12 Å². The van der Waals surface area contributed by atoms with E-state index in [1.165, 1.54) is 25.7 Å². The topological polar surface area (TPSA) is 18.5 Å². The molecule has 12 heavy (non-hydrogen) atoms. The quantitative estimate of drug-likeness (QED) is 0.559. The van der Waals surface area contributed by atoms with Gasteiger partial charge in [0.05, 0.1) is 12.2 Å². The van der Waals surface area contributed by atoms with E-state index >= 15 is 0 Å². The maximum atomic E-state index is 5.80. The molecule has 3 heteroatoms. The van der Waals surface area contributed by atoms with Gasteiger partial charge in [-0.15, -0.1) is 0 Å². The fourth-order valence-corrected chi connectivity index (χ4v) is 2.07. The van der Waals surface area contributed by atoms with Gasteiger partial charge in [-0.25, -0.2) is 0 Å². The molecular formula is C9H17BO2. The first-order chi connectivity index (χ1) is 5.77. The van der Waals surface area contributed by atoms with Crippen molar-refractivity contribution in [2.24, 2.45) is 0 Å². The van der Waals surface area contributed by atoms with Gasteiger partial charge >= 0.3 is 7.12 Å². The van der Waals surface area contributed by atoms with Gasteiger partial charge in [0.15, 0.2) is 0 Å². The van der Waals surface area contributed by atoms with Crippen molar-refractivity contribution in [2.75, 3.05) is 0 Å². The fourth-order valence-electron chi connectivity index (χ4n) is 2.07. The Morgan fingerprint density at radius 3 is 2.00 bits per heavy atom. The molecule has 68 valence electrons. The van der Waals surface area contributed by atoms with Crippen LogP contribution in [0.3, 0.4) is 0 Å². The molecule has 0 aromatic heterocycles. The Hall–Kier alpha value is -0.0151. The molecule has 0 radical (unpaired) electrons. The van der Waals surface area contributed by atoms with Crippen LogP contribution in [0.1, 0.15) is 39.5 Å². The van der Waals surface area contributed by atoms with Crippen molar-refractivity contribution in [2.45, 2.75) is 57.6 Å². The molecule has 0 amide bonds. The second kappa shape index (κ2) is 3.39. The highest BCUT2D eigenvalue weighted by atomic mass is 16.7. The molecule has 2 fully saturated rings. The van der Waals surface area contributed by atoms with Gasteiger partial charge in [-0.1, -0.05) is 26.7 Å². The van der Waals surface area contributed by atoms with Crippen LogP contribution < -0.4 is 0 Å². The van der Waals surface area contributed by atoms with Gasteiger partial charge in [-0.05, 0) is 18.7 Å². The fraction of sp³-hybridized carbons (Fsp3) is 1.00. The highest BCUT2D eigenvalue weighted by Gasteiger charge is 2.41. The molecule has 2 nitrogen and oxygen atoms in total. The lowest BCUT2D eigenvalue weighted by Gasteiger charge is -2.22. The van der Waals surface area contributed by atoms with Crippen LogP contribution in [0.25, 0.3) is 0 Å². The molecule has 1 saturated carbocycles. The summed E-state index contributed by atoms with van der Waals surface area (Å²) in [5.41, 5.74) is 0. The molecule has 1 heterocycles. The monoisotopic (exact) mass is 168 g/mol. The third-order valence-electron chi connectivity index (χ3n) is 2.80. The molecular weight excluding hydrogens is 151 g/mol. The largest absolute Gasteiger partial charge is 0.460 e. The van der Waals surface area contributed by atoms with Crippen molar-refractivity contribution in [3.63, 3.8) is 0 Å². The van der Waals surface area contributed by atoms with Crippen LogP contribution in [0, 0.1) is 0 Å². The predicted molar refractivity (Wildman–Crippen MR) is 49.1 cm³/mol. The molecule has 0 aromatic rings. The molecule has 2 aliphatic rings. The average Bonchev–Trinajstić information content (AvgIpc) is 2.46. The van der Waals surface area contributed by atoms with Crippen molar-refractivity contribution in [3.8, 4) is 0 Å². The zero-order chi connectivity index (χ0) is 8.55. The third kappa shape index (κ3) is 1.53. The molecule has 2 atom stereocenters. The molecule has 1 saturated heterocycles. The number of rotatable bonds is 1. The minimum atomic E-state index is 0.0677. The van der Waals surface area contributed by atoms with Crippen molar-refractivity contribution in [1.82, 2.24) is 0 Å². The Labute approximate surface area is 74.8 Å². The van der Waals surface area contributed by atoms with Gasteiger partial charge in [0, 0.05) is 0 Å². The van der Waals surface area contributed by atoms with E-state index in [0.717, 1.165) is 0 Å². The van der Waals surface area contributed by atoms with E-state index in [2.05, 4.69) is 13.8 Å². The normalized spacial score (nSPS) is 35.8. The average molecular weight is 168 g/mol. The minimum absolute atomic E-state index is 0.0677. The molecule has 1 aliphatic carbocycles. The van der Waals surface area contributed by atoms with E-state index in [4.69, 9.17) is 9.31 Å². The summed E-state index contributed by atoms with van der Waals surface area (Å²) in [5.74, 6) is 0.496. The SMILES string of the molecule is CC(C)B1OC2CCCCC2O1. The predicted octanol–water partition coefficient (Wildman–Crippen LogP) is 2.24. The maximum absolute atomic E-state index is 5.80. The van der Waals surface area contributed by atoms with Crippen LogP contribution in [-0.4, -0.2) is 19.3 Å². The van der Waals surface area contributed by atoms with Crippen LogP contribution in [0.2, 0.25) is 5.82 Å². The first-order valence-corrected chi connectivity index (χ1v) is 5.08. The van der Waals surface area contributed by atoms with Crippen molar-refractivity contribution in [3.05, 3.63) is 0 Å². The van der Waals surface area contributed by atoms with Crippen LogP contribution in [0.4, 0.5) is 0 Å². The smallest absolute Gasteiger partial charge is 0.406 e. The number of hydrogen-bond acceptors (Lipinski definition) is 2. The Balaban J connectivity index is 1.94. The van der Waals surface area contributed by atoms with E-state index in [0.29, 0.717) is 18.0 Å². The summed E-state index contributed by atoms with van der Waals surface area (Å²) >= 11 is 0. The summed E-state index contributed by atoms with van der Waals surface area (Å²) in [6.45, 7) is 4.31. The summed E-state index contributed by atoms with van der Waals surface area (Å²) in [7, 11) is 0.0677. The van der Waals surface area contributed by atoms with E-state index in [9.17, 15) is 0 Å². The van der Waals surface area contributed by atoms with E-state index in [1.807, 2.05) is 0 Å². The summed E-state index contributed by atoms with van der Waals surface area (Å²) in [6, 6.07) is 0. The Kier molecular flexibility index (Phi) is 2.42. The lowest BCUT2D eigenvalue weighted by atomic mass is 9.75. The summed E-state index contributed by atoms with van der Waals surface area (Å²) in [4.78, 5) is 0. The van der Waals surface area contributed by atoms with Crippen molar-refractivity contribution >= 4 is 7.12 Å². The highest BCUT2D eigenvalue weighted by molar-refractivity contribution is 6.46. The van der Waals surface area contributed by atoms with Crippen LogP contribution >= 0.6 is 0 Å². The molecule has 0 bridgehead atoms. The molecule has 0 spiro atoms. The van der Waals surface area contributed by atoms with E-state index in [1.54, 1.807) is 0 Å². The van der Waals surface area contributed by atoms with Gasteiger partial charge in [-0.2, -0.15) is 0 Å². The van der Waals surface area contributed by atoms with Crippen molar-refractivity contribution in [1.29, 1.82) is 0 Å². The van der Waals surface area contributed by atoms with Gasteiger partial charge in [0.2, 0.25) is 0 Å². The van der Waals surface area contributed by atoms with Gasteiger partial charge in [-0.3, -0.25) is 0 Å². The number of hydrogen-bond donors (Lipinski definition) is 0. The van der Waals surface area contributed by atoms with Crippen LogP contribution in [0.5, 0.6) is 0 Å². The maximum Gasteiger partial charge on any atom is 0.460 e. The molecule has 0 N–H and O–H groups in total. The van der Waals surface area contributed by atoms with Gasteiger partial charge in [0.1, 0.15) is 0 Å². The minimum Gasteiger partial charge on any atom is -0.406 e. The van der Waals surface area contributed by atoms with Crippen LogP contribution in [-0.2, 0) is 9.31 Å². The molecule has 0 aromatic carbocycles. The van der Waals surface area contributed by atoms with Crippen molar-refractivity contribution < 1.29 is 9.31 Å². The first-order valence-electron chi connectivity index (χ1n) is 5.08. The second-order valence-corrected chi connectivity index (χ2v) is 4.25. The lowest BCUT2D eigenvalue weighted by molar-refractivity contribution is 0.110. The Bertz CT molecular complexity index is 147. The molecule has 2 rings (SSSR count). The third-order valence-corrected chi connectivity index (χ3v) is 2.80. The standard InChI is InChI=1S/C9H17BO2/c1-7(2)10-11-8-5-3-4-6-9(8)12-10/h7-9H,3-6H2,1-2H3. The Morgan fingerprint density at radius 1 is 1.08 bits per heavy atom. The van der Waals surface area contributed by atoms with Gasteiger partial charge < -0.3 is 9.31 Å². The Morgan fingerprint density at radius 2 is 1.58 bits per heavy atom. The highest BCUT2D eigenvalue weighted by Crippen LogP contribution is 2.33. The zero-order valence-corrected chi connectivity index (χ0v) is 7.95. The summed E-state index contributed by atoms with van der Waals surface area (Å²) in [6.07, 6.45) is 5.85. The second-order valence-electron chi connectivity index (χ2n) is 4.25. The van der Waals surface area contributed by atoms with Gasteiger partial charge in [0.25, 0.3) is 0 Å². The van der Waals surface area contributed by atoms with E-state index < -0.39 is 0 Å².